The largest absolute Gasteiger partial charge is 0.574 e. The van der Waals surface area contributed by atoms with E-state index in [1.807, 2.05) is 0 Å². The Labute approximate surface area is 122 Å². The predicted molar refractivity (Wildman–Crippen MR) is 73.3 cm³/mol. The molecule has 112 valence electrons. The summed E-state index contributed by atoms with van der Waals surface area (Å²) < 4.78 is 40.5. The Kier molecular flexibility index (Phi) is 3.32. The quantitative estimate of drug-likeness (QED) is 0.780. The third kappa shape index (κ3) is 2.93. The fraction of sp³-hybridized carbons (Fsp3) is 0.0667. The van der Waals surface area contributed by atoms with E-state index in [9.17, 15) is 18.3 Å². The second-order valence-electron chi connectivity index (χ2n) is 4.48. The van der Waals surface area contributed by atoms with Crippen LogP contribution in [0.5, 0.6) is 11.6 Å². The van der Waals surface area contributed by atoms with E-state index in [1.54, 1.807) is 24.3 Å². The number of phenolic OH excluding ortho intramolecular Hbond substituents is 1. The highest BCUT2D eigenvalue weighted by Crippen LogP contribution is 2.28. The van der Waals surface area contributed by atoms with Gasteiger partial charge in [-0.2, -0.15) is 0 Å². The maximum atomic E-state index is 12.2. The minimum atomic E-state index is -4.80. The molecule has 0 aliphatic heterocycles. The highest BCUT2D eigenvalue weighted by Gasteiger charge is 2.31. The molecule has 0 aliphatic rings. The summed E-state index contributed by atoms with van der Waals surface area (Å²) >= 11 is 0. The Hall–Kier alpha value is -2.83. The van der Waals surface area contributed by atoms with E-state index < -0.39 is 12.2 Å². The van der Waals surface area contributed by atoms with E-state index in [1.165, 1.54) is 18.3 Å². The van der Waals surface area contributed by atoms with Crippen molar-refractivity contribution in [1.29, 1.82) is 0 Å². The first-order valence-corrected chi connectivity index (χ1v) is 6.23. The zero-order valence-corrected chi connectivity index (χ0v) is 11.0. The van der Waals surface area contributed by atoms with Gasteiger partial charge in [-0.15, -0.1) is 13.2 Å². The average Bonchev–Trinajstić information content (AvgIpc) is 2.46. The number of aromatic hydroxyl groups is 1. The summed E-state index contributed by atoms with van der Waals surface area (Å²) in [5.74, 6) is -0.565. The molecule has 0 amide bonds. The summed E-state index contributed by atoms with van der Waals surface area (Å²) in [5, 5.41) is 10.5. The number of phenols is 1. The van der Waals surface area contributed by atoms with E-state index >= 15 is 0 Å². The molecular weight excluding hydrogens is 297 g/mol. The van der Waals surface area contributed by atoms with Crippen molar-refractivity contribution in [3.63, 3.8) is 0 Å². The van der Waals surface area contributed by atoms with E-state index in [0.717, 1.165) is 11.5 Å². The summed E-state index contributed by atoms with van der Waals surface area (Å²) in [6, 6.07) is 11.0. The van der Waals surface area contributed by atoms with Crippen LogP contribution in [-0.4, -0.2) is 21.4 Å². The molecule has 0 fully saturated rings. The van der Waals surface area contributed by atoms with Crippen molar-refractivity contribution in [2.45, 2.75) is 6.36 Å². The number of fused-ring (bicyclic) bond motifs is 1. The van der Waals surface area contributed by atoms with Crippen LogP contribution in [0.15, 0.2) is 48.7 Å². The zero-order chi connectivity index (χ0) is 15.7. The fourth-order valence-corrected chi connectivity index (χ4v) is 2.04. The van der Waals surface area contributed by atoms with Crippen molar-refractivity contribution >= 4 is 10.9 Å². The second kappa shape index (κ2) is 5.18. The molecule has 4 nitrogen and oxygen atoms in total. The molecule has 2 aromatic heterocycles. The summed E-state index contributed by atoms with van der Waals surface area (Å²) in [6.07, 6.45) is -3.60. The Morgan fingerprint density at radius 3 is 2.64 bits per heavy atom. The maximum Gasteiger partial charge on any atom is 0.574 e. The summed E-state index contributed by atoms with van der Waals surface area (Å²) in [7, 11) is 0. The van der Waals surface area contributed by atoms with Gasteiger partial charge in [-0.3, -0.25) is 0 Å². The second-order valence-corrected chi connectivity index (χ2v) is 4.48. The van der Waals surface area contributed by atoms with Crippen molar-refractivity contribution in [3.05, 3.63) is 48.7 Å². The number of hydrogen-bond acceptors (Lipinski definition) is 4. The monoisotopic (exact) mass is 306 g/mol. The van der Waals surface area contributed by atoms with Gasteiger partial charge in [0.2, 0.25) is 5.88 Å². The molecule has 0 atom stereocenters. The average molecular weight is 306 g/mol. The first-order chi connectivity index (χ1) is 10.4. The van der Waals surface area contributed by atoms with Crippen LogP contribution in [0.25, 0.3) is 22.2 Å². The molecule has 0 unspecified atom stereocenters. The third-order valence-electron chi connectivity index (χ3n) is 2.95. The Morgan fingerprint density at radius 1 is 1.05 bits per heavy atom. The molecule has 3 aromatic rings. The van der Waals surface area contributed by atoms with Crippen molar-refractivity contribution in [2.75, 3.05) is 0 Å². The molecular formula is C15H9F3N2O2. The van der Waals surface area contributed by atoms with Crippen LogP contribution < -0.4 is 4.74 Å². The van der Waals surface area contributed by atoms with Gasteiger partial charge < -0.3 is 9.84 Å². The van der Waals surface area contributed by atoms with Gasteiger partial charge in [0.25, 0.3) is 0 Å². The molecule has 0 radical (unpaired) electrons. The molecule has 7 heteroatoms. The van der Waals surface area contributed by atoms with E-state index in [2.05, 4.69) is 14.7 Å². The molecule has 22 heavy (non-hydrogen) atoms. The number of benzene rings is 1. The molecule has 3 rings (SSSR count). The topological polar surface area (TPSA) is 55.2 Å². The summed E-state index contributed by atoms with van der Waals surface area (Å²) in [6.45, 7) is 0. The fourth-order valence-electron chi connectivity index (χ4n) is 2.04. The number of ether oxygens (including phenoxy) is 1. The van der Waals surface area contributed by atoms with Crippen LogP contribution in [-0.2, 0) is 0 Å². The third-order valence-corrected chi connectivity index (χ3v) is 2.95. The molecule has 0 spiro atoms. The number of pyridine rings is 2. The number of hydrogen-bond donors (Lipinski definition) is 1. The Morgan fingerprint density at radius 2 is 1.86 bits per heavy atom. The van der Waals surface area contributed by atoms with Crippen molar-refractivity contribution < 1.29 is 23.0 Å². The van der Waals surface area contributed by atoms with Crippen molar-refractivity contribution in [1.82, 2.24) is 9.97 Å². The Bertz CT molecular complexity index is 834. The molecule has 1 aromatic carbocycles. The molecule has 0 saturated heterocycles. The van der Waals surface area contributed by atoms with Gasteiger partial charge in [0.15, 0.2) is 0 Å². The predicted octanol–water partition coefficient (Wildman–Crippen LogP) is 3.90. The normalized spacial score (nSPS) is 11.6. The van der Waals surface area contributed by atoms with E-state index in [4.69, 9.17) is 0 Å². The zero-order valence-electron chi connectivity index (χ0n) is 11.0. The van der Waals surface area contributed by atoms with Crippen LogP contribution in [0.4, 0.5) is 13.2 Å². The smallest absolute Gasteiger partial charge is 0.506 e. The Balaban J connectivity index is 2.04. The molecule has 0 aliphatic carbocycles. The van der Waals surface area contributed by atoms with Gasteiger partial charge in [0.1, 0.15) is 11.3 Å². The molecule has 2 heterocycles. The number of halogens is 3. The van der Waals surface area contributed by atoms with Gasteiger partial charge in [-0.05, 0) is 18.2 Å². The van der Waals surface area contributed by atoms with Crippen LogP contribution in [0.2, 0.25) is 0 Å². The van der Waals surface area contributed by atoms with E-state index in [-0.39, 0.29) is 5.75 Å². The maximum absolute atomic E-state index is 12.2. The van der Waals surface area contributed by atoms with Gasteiger partial charge in [-0.25, -0.2) is 9.97 Å². The van der Waals surface area contributed by atoms with Gasteiger partial charge in [0, 0.05) is 23.2 Å². The summed E-state index contributed by atoms with van der Waals surface area (Å²) in [5.41, 5.74) is 1.18. The summed E-state index contributed by atoms with van der Waals surface area (Å²) in [4.78, 5) is 7.78. The number of para-hydroxylation sites is 1. The molecule has 0 bridgehead atoms. The van der Waals surface area contributed by atoms with Gasteiger partial charge in [0.05, 0.1) is 5.69 Å². The highest BCUT2D eigenvalue weighted by atomic mass is 19.4. The lowest BCUT2D eigenvalue weighted by atomic mass is 10.1. The highest BCUT2D eigenvalue weighted by molar-refractivity contribution is 5.86. The van der Waals surface area contributed by atoms with Crippen LogP contribution >= 0.6 is 0 Å². The number of aromatic nitrogens is 2. The van der Waals surface area contributed by atoms with Crippen LogP contribution in [0.1, 0.15) is 0 Å². The lowest BCUT2D eigenvalue weighted by Crippen LogP contribution is -2.17. The number of rotatable bonds is 2. The van der Waals surface area contributed by atoms with Crippen molar-refractivity contribution in [3.8, 4) is 22.9 Å². The standard InChI is InChI=1S/C15H9F3N2O2/c16-15(17,18)22-13-8-10(6-7-19-13)11-5-4-9-2-1-3-12(21)14(9)20-11/h1-8,21H. The molecule has 0 saturated carbocycles. The SMILES string of the molecule is Oc1cccc2ccc(-c3ccnc(OC(F)(F)F)c3)nc12. The first-order valence-electron chi connectivity index (χ1n) is 6.23. The number of nitrogens with zero attached hydrogens (tertiary/aromatic N) is 2. The minimum Gasteiger partial charge on any atom is -0.506 e. The van der Waals surface area contributed by atoms with Crippen molar-refractivity contribution in [2.24, 2.45) is 0 Å². The first kappa shape index (κ1) is 14.1. The van der Waals surface area contributed by atoms with Gasteiger partial charge in [-0.1, -0.05) is 18.2 Å². The minimum absolute atomic E-state index is 0.000158. The lowest BCUT2D eigenvalue weighted by Gasteiger charge is -2.09. The van der Waals surface area contributed by atoms with Crippen LogP contribution in [0.3, 0.4) is 0 Å². The van der Waals surface area contributed by atoms with Crippen LogP contribution in [0, 0.1) is 0 Å². The van der Waals surface area contributed by atoms with Gasteiger partial charge >= 0.3 is 6.36 Å². The lowest BCUT2D eigenvalue weighted by molar-refractivity contribution is -0.276. The number of alkyl halides is 3. The van der Waals surface area contributed by atoms with E-state index in [0.29, 0.717) is 16.8 Å². The molecule has 1 N–H and O–H groups in total.